The van der Waals surface area contributed by atoms with Gasteiger partial charge in [-0.15, -0.1) is 0 Å². The first-order valence-electron chi connectivity index (χ1n) is 6.47. The maximum Gasteiger partial charge on any atom is 0.379 e. The van der Waals surface area contributed by atoms with Crippen molar-refractivity contribution in [2.24, 2.45) is 0 Å². The number of carbonyl (C=O) groups is 2. The first-order valence-corrected chi connectivity index (χ1v) is 6.85. The van der Waals surface area contributed by atoms with Crippen LogP contribution in [0.4, 0.5) is 0 Å². The van der Waals surface area contributed by atoms with Crippen molar-refractivity contribution < 1.29 is 19.1 Å². The van der Waals surface area contributed by atoms with E-state index in [4.69, 9.17) is 21.1 Å². The Kier molecular flexibility index (Phi) is 5.57. The summed E-state index contributed by atoms with van der Waals surface area (Å²) in [5.41, 5.74) is 1.49. The molecule has 0 N–H and O–H groups in total. The van der Waals surface area contributed by atoms with E-state index in [9.17, 15) is 9.59 Å². The molecular formula is C15H19ClO4. The largest absolute Gasteiger partial charge is 0.490 e. The quantitative estimate of drug-likeness (QED) is 0.474. The van der Waals surface area contributed by atoms with Crippen LogP contribution in [0, 0.1) is 13.8 Å². The van der Waals surface area contributed by atoms with Gasteiger partial charge < -0.3 is 9.47 Å². The molecule has 0 amide bonds. The number of ether oxygens (including phenoxy) is 2. The van der Waals surface area contributed by atoms with Crippen LogP contribution in [0.25, 0.3) is 0 Å². The van der Waals surface area contributed by atoms with Gasteiger partial charge in [0.2, 0.25) is 0 Å². The molecule has 1 aromatic rings. The van der Waals surface area contributed by atoms with E-state index in [1.165, 1.54) is 0 Å². The lowest BCUT2D eigenvalue weighted by Crippen LogP contribution is -2.21. The number of rotatable bonds is 5. The number of hydrogen-bond donors (Lipinski definition) is 0. The van der Waals surface area contributed by atoms with Crippen LogP contribution in [-0.4, -0.2) is 24.5 Å². The Balaban J connectivity index is 3.38. The molecule has 20 heavy (non-hydrogen) atoms. The van der Waals surface area contributed by atoms with Crippen LogP contribution < -0.4 is 4.74 Å². The van der Waals surface area contributed by atoms with Gasteiger partial charge in [0.05, 0.1) is 18.3 Å². The molecule has 0 spiro atoms. The third-order valence-corrected chi connectivity index (χ3v) is 3.28. The van der Waals surface area contributed by atoms with Gasteiger partial charge in [-0.2, -0.15) is 0 Å². The highest BCUT2D eigenvalue weighted by molar-refractivity contribution is 6.42. The van der Waals surface area contributed by atoms with E-state index in [1.54, 1.807) is 19.9 Å². The summed E-state index contributed by atoms with van der Waals surface area (Å²) in [5, 5.41) is 0.453. The van der Waals surface area contributed by atoms with E-state index in [2.05, 4.69) is 0 Å². The second-order valence-electron chi connectivity index (χ2n) is 4.72. The average molecular weight is 299 g/mol. The average Bonchev–Trinajstić information content (AvgIpc) is 2.35. The standard InChI is InChI=1S/C15H19ClO4/c1-6-19-15(18)14(17)12-10(5)13(16)9(4)7-11(12)20-8(2)3/h7-8H,6H2,1-5H3. The smallest absolute Gasteiger partial charge is 0.379 e. The number of esters is 1. The lowest BCUT2D eigenvalue weighted by molar-refractivity contribution is -0.137. The second kappa shape index (κ2) is 6.75. The molecule has 0 fully saturated rings. The SMILES string of the molecule is CCOC(=O)C(=O)c1c(OC(C)C)cc(C)c(Cl)c1C. The van der Waals surface area contributed by atoms with E-state index < -0.39 is 11.8 Å². The molecule has 0 aliphatic carbocycles. The summed E-state index contributed by atoms with van der Waals surface area (Å²) in [7, 11) is 0. The van der Waals surface area contributed by atoms with E-state index in [0.29, 0.717) is 16.3 Å². The van der Waals surface area contributed by atoms with Crippen LogP contribution in [0.2, 0.25) is 5.02 Å². The van der Waals surface area contributed by atoms with Gasteiger partial charge in [-0.1, -0.05) is 11.6 Å². The van der Waals surface area contributed by atoms with E-state index >= 15 is 0 Å². The van der Waals surface area contributed by atoms with Crippen molar-refractivity contribution in [1.82, 2.24) is 0 Å². The van der Waals surface area contributed by atoms with Crippen molar-refractivity contribution in [2.75, 3.05) is 6.61 Å². The Hall–Kier alpha value is -1.55. The van der Waals surface area contributed by atoms with Crippen LogP contribution in [-0.2, 0) is 9.53 Å². The minimum Gasteiger partial charge on any atom is -0.490 e. The first kappa shape index (κ1) is 16.5. The van der Waals surface area contributed by atoms with Gasteiger partial charge in [0, 0.05) is 5.02 Å². The normalized spacial score (nSPS) is 10.6. The zero-order chi connectivity index (χ0) is 15.4. The summed E-state index contributed by atoms with van der Waals surface area (Å²) in [6.45, 7) is 8.99. The predicted octanol–water partition coefficient (Wildman–Crippen LogP) is 3.49. The van der Waals surface area contributed by atoms with Gasteiger partial charge in [-0.25, -0.2) is 4.79 Å². The molecule has 1 rings (SSSR count). The molecule has 0 unspecified atom stereocenters. The van der Waals surface area contributed by atoms with Gasteiger partial charge in [0.15, 0.2) is 0 Å². The van der Waals surface area contributed by atoms with Crippen molar-refractivity contribution in [3.05, 3.63) is 27.8 Å². The summed E-state index contributed by atoms with van der Waals surface area (Å²) >= 11 is 6.16. The second-order valence-corrected chi connectivity index (χ2v) is 5.10. The Bertz CT molecular complexity index is 535. The molecule has 0 aliphatic heterocycles. The van der Waals surface area contributed by atoms with Gasteiger partial charge in [-0.05, 0) is 51.8 Å². The summed E-state index contributed by atoms with van der Waals surface area (Å²) in [5.74, 6) is -1.27. The lowest BCUT2D eigenvalue weighted by Gasteiger charge is -2.17. The van der Waals surface area contributed by atoms with Gasteiger partial charge in [0.25, 0.3) is 5.78 Å². The fourth-order valence-corrected chi connectivity index (χ4v) is 2.00. The fourth-order valence-electron chi connectivity index (χ4n) is 1.85. The van der Waals surface area contributed by atoms with Crippen LogP contribution in [0.5, 0.6) is 5.75 Å². The molecule has 0 aromatic heterocycles. The maximum absolute atomic E-state index is 12.2. The van der Waals surface area contributed by atoms with Crippen molar-refractivity contribution >= 4 is 23.4 Å². The zero-order valence-corrected chi connectivity index (χ0v) is 13.1. The minimum absolute atomic E-state index is 0.122. The summed E-state index contributed by atoms with van der Waals surface area (Å²) in [4.78, 5) is 23.9. The summed E-state index contributed by atoms with van der Waals surface area (Å²) in [6, 6.07) is 1.67. The molecule has 0 bridgehead atoms. The molecule has 0 atom stereocenters. The van der Waals surface area contributed by atoms with Gasteiger partial charge in [0.1, 0.15) is 5.75 Å². The third-order valence-electron chi connectivity index (χ3n) is 2.70. The van der Waals surface area contributed by atoms with Gasteiger partial charge >= 0.3 is 5.97 Å². The molecule has 0 heterocycles. The number of hydrogen-bond acceptors (Lipinski definition) is 4. The molecule has 4 nitrogen and oxygen atoms in total. The Morgan fingerprint density at radius 2 is 1.90 bits per heavy atom. The molecular weight excluding hydrogens is 280 g/mol. The first-order chi connectivity index (χ1) is 9.29. The minimum atomic E-state index is -0.899. The maximum atomic E-state index is 12.2. The van der Waals surface area contributed by atoms with E-state index in [-0.39, 0.29) is 18.3 Å². The fraction of sp³-hybridized carbons (Fsp3) is 0.467. The molecule has 0 aliphatic rings. The molecule has 0 saturated heterocycles. The van der Waals surface area contributed by atoms with E-state index in [0.717, 1.165) is 5.56 Å². The monoisotopic (exact) mass is 298 g/mol. The number of carbonyl (C=O) groups excluding carboxylic acids is 2. The van der Waals surface area contributed by atoms with Crippen LogP contribution in [0.3, 0.4) is 0 Å². The molecule has 0 radical (unpaired) electrons. The number of halogens is 1. The van der Waals surface area contributed by atoms with Crippen LogP contribution >= 0.6 is 11.6 Å². The van der Waals surface area contributed by atoms with Crippen molar-refractivity contribution in [1.29, 1.82) is 0 Å². The lowest BCUT2D eigenvalue weighted by atomic mass is 10.0. The van der Waals surface area contributed by atoms with Crippen molar-refractivity contribution in [2.45, 2.75) is 40.7 Å². The Morgan fingerprint density at radius 1 is 1.30 bits per heavy atom. The third kappa shape index (κ3) is 3.51. The molecule has 110 valence electrons. The predicted molar refractivity (Wildman–Crippen MR) is 77.7 cm³/mol. The number of Topliss-reactive ketones (excluding diaryl/α,β-unsaturated/α-hetero) is 1. The highest BCUT2D eigenvalue weighted by Crippen LogP contribution is 2.32. The Morgan fingerprint density at radius 3 is 2.40 bits per heavy atom. The van der Waals surface area contributed by atoms with Crippen LogP contribution in [0.1, 0.15) is 42.3 Å². The molecule has 0 saturated carbocycles. The summed E-state index contributed by atoms with van der Waals surface area (Å²) < 4.78 is 10.4. The number of ketones is 1. The highest BCUT2D eigenvalue weighted by atomic mass is 35.5. The van der Waals surface area contributed by atoms with Crippen LogP contribution in [0.15, 0.2) is 6.07 Å². The summed E-state index contributed by atoms with van der Waals surface area (Å²) in [6.07, 6.45) is -0.122. The molecule has 5 heteroatoms. The Labute approximate surface area is 124 Å². The number of benzene rings is 1. The molecule has 1 aromatic carbocycles. The van der Waals surface area contributed by atoms with Gasteiger partial charge in [-0.3, -0.25) is 4.79 Å². The van der Waals surface area contributed by atoms with E-state index in [1.807, 2.05) is 20.8 Å². The van der Waals surface area contributed by atoms with Crippen molar-refractivity contribution in [3.63, 3.8) is 0 Å². The topological polar surface area (TPSA) is 52.6 Å². The van der Waals surface area contributed by atoms with Crippen molar-refractivity contribution in [3.8, 4) is 5.75 Å². The highest BCUT2D eigenvalue weighted by Gasteiger charge is 2.26. The zero-order valence-electron chi connectivity index (χ0n) is 12.4. The number of aryl methyl sites for hydroxylation is 1.